The van der Waals surface area contributed by atoms with Gasteiger partial charge in [-0.1, -0.05) is 37.3 Å². The predicted octanol–water partition coefficient (Wildman–Crippen LogP) is 4.72. The van der Waals surface area contributed by atoms with Crippen LogP contribution in [0.1, 0.15) is 42.0 Å². The highest BCUT2D eigenvalue weighted by atomic mass is 19.4. The molecule has 26 heavy (non-hydrogen) atoms. The summed E-state index contributed by atoms with van der Waals surface area (Å²) in [6.45, 7) is 1.69. The molecule has 1 amide bonds. The molecule has 2 unspecified atom stereocenters. The Labute approximate surface area is 148 Å². The quantitative estimate of drug-likeness (QED) is 0.781. The van der Waals surface area contributed by atoms with E-state index in [0.29, 0.717) is 5.56 Å². The maximum atomic E-state index is 13.7. The Balaban J connectivity index is 2.02. The topological polar surface area (TPSA) is 52.9 Å². The Morgan fingerprint density at radius 2 is 1.77 bits per heavy atom. The minimum atomic E-state index is -4.42. The van der Waals surface area contributed by atoms with Crippen molar-refractivity contribution < 1.29 is 22.4 Å². The summed E-state index contributed by atoms with van der Waals surface area (Å²) in [4.78, 5) is 12.1. The molecule has 0 aromatic heterocycles. The lowest BCUT2D eigenvalue weighted by Crippen LogP contribution is -2.29. The molecule has 0 bridgehead atoms. The molecule has 2 aromatic rings. The zero-order valence-corrected chi connectivity index (χ0v) is 13.8. The van der Waals surface area contributed by atoms with Crippen LogP contribution in [0.2, 0.25) is 0 Å². The number of nitriles is 1. The molecule has 7 heteroatoms. The van der Waals surface area contributed by atoms with Gasteiger partial charge >= 0.3 is 6.18 Å². The second-order valence-electron chi connectivity index (χ2n) is 5.88. The highest BCUT2D eigenvalue weighted by molar-refractivity contribution is 5.77. The van der Waals surface area contributed by atoms with Crippen LogP contribution >= 0.6 is 0 Å². The predicted molar refractivity (Wildman–Crippen MR) is 87.4 cm³/mol. The third kappa shape index (κ3) is 4.82. The highest BCUT2D eigenvalue weighted by Gasteiger charge is 2.30. The van der Waals surface area contributed by atoms with Crippen molar-refractivity contribution in [3.05, 3.63) is 71.0 Å². The standard InChI is InChI=1S/C19H16F4N2O/c1-12(13-6-8-14(9-7-13)19(21,22)23)10-18(26)25-17(11-24)15-4-2-3-5-16(15)20/h2-9,12,17H,10H2,1H3,(H,25,26). The van der Waals surface area contributed by atoms with Crippen LogP contribution in [0, 0.1) is 17.1 Å². The van der Waals surface area contributed by atoms with Gasteiger partial charge in [0.15, 0.2) is 0 Å². The van der Waals surface area contributed by atoms with Crippen molar-refractivity contribution in [1.82, 2.24) is 5.32 Å². The van der Waals surface area contributed by atoms with E-state index in [2.05, 4.69) is 5.32 Å². The van der Waals surface area contributed by atoms with Crippen LogP contribution < -0.4 is 5.32 Å². The molecule has 2 atom stereocenters. The largest absolute Gasteiger partial charge is 0.416 e. The maximum Gasteiger partial charge on any atom is 0.416 e. The number of alkyl halides is 3. The van der Waals surface area contributed by atoms with E-state index in [1.54, 1.807) is 13.0 Å². The summed E-state index contributed by atoms with van der Waals surface area (Å²) < 4.78 is 51.5. The minimum absolute atomic E-state index is 0.0437. The van der Waals surface area contributed by atoms with E-state index in [9.17, 15) is 27.6 Å². The summed E-state index contributed by atoms with van der Waals surface area (Å²) in [5.41, 5.74) is -0.139. The summed E-state index contributed by atoms with van der Waals surface area (Å²) in [7, 11) is 0. The van der Waals surface area contributed by atoms with Crippen molar-refractivity contribution >= 4 is 5.91 Å². The van der Waals surface area contributed by atoms with Crippen LogP contribution in [0.4, 0.5) is 17.6 Å². The molecule has 0 aliphatic heterocycles. The van der Waals surface area contributed by atoms with Crippen LogP contribution in [0.3, 0.4) is 0 Å². The van der Waals surface area contributed by atoms with Gasteiger partial charge in [0.25, 0.3) is 0 Å². The van der Waals surface area contributed by atoms with Crippen molar-refractivity contribution in [2.75, 3.05) is 0 Å². The molecule has 2 rings (SSSR count). The van der Waals surface area contributed by atoms with E-state index in [1.165, 1.54) is 30.3 Å². The second-order valence-corrected chi connectivity index (χ2v) is 5.88. The van der Waals surface area contributed by atoms with Gasteiger partial charge in [-0.15, -0.1) is 0 Å². The number of hydrogen-bond donors (Lipinski definition) is 1. The summed E-state index contributed by atoms with van der Waals surface area (Å²) in [6, 6.07) is 10.9. The Morgan fingerprint density at radius 3 is 2.31 bits per heavy atom. The average molecular weight is 364 g/mol. The zero-order valence-electron chi connectivity index (χ0n) is 13.8. The molecule has 0 radical (unpaired) electrons. The summed E-state index contributed by atoms with van der Waals surface area (Å²) in [5.74, 6) is -1.46. The zero-order chi connectivity index (χ0) is 19.3. The fourth-order valence-corrected chi connectivity index (χ4v) is 2.51. The monoisotopic (exact) mass is 364 g/mol. The highest BCUT2D eigenvalue weighted by Crippen LogP contribution is 2.30. The summed E-state index contributed by atoms with van der Waals surface area (Å²) >= 11 is 0. The second kappa shape index (κ2) is 8.00. The van der Waals surface area contributed by atoms with E-state index in [-0.39, 0.29) is 17.9 Å². The lowest BCUT2D eigenvalue weighted by Gasteiger charge is -2.16. The molecule has 2 aromatic carbocycles. The molecule has 0 aliphatic carbocycles. The Morgan fingerprint density at radius 1 is 1.15 bits per heavy atom. The Kier molecular flexibility index (Phi) is 5.98. The van der Waals surface area contributed by atoms with Crippen molar-refractivity contribution in [3.8, 4) is 6.07 Å². The Hall–Kier alpha value is -2.88. The lowest BCUT2D eigenvalue weighted by molar-refractivity contribution is -0.137. The molecule has 0 saturated heterocycles. The number of carbonyl (C=O) groups is 1. The van der Waals surface area contributed by atoms with Gasteiger partial charge in [0.1, 0.15) is 11.9 Å². The van der Waals surface area contributed by atoms with Crippen molar-refractivity contribution in [2.45, 2.75) is 31.5 Å². The van der Waals surface area contributed by atoms with Gasteiger partial charge in [0, 0.05) is 12.0 Å². The number of amides is 1. The lowest BCUT2D eigenvalue weighted by atomic mass is 9.96. The van der Waals surface area contributed by atoms with Gasteiger partial charge in [-0.25, -0.2) is 4.39 Å². The van der Waals surface area contributed by atoms with Crippen LogP contribution in [0.25, 0.3) is 0 Å². The third-order valence-electron chi connectivity index (χ3n) is 3.95. The first kappa shape index (κ1) is 19.4. The number of nitrogens with one attached hydrogen (secondary N) is 1. The first-order chi connectivity index (χ1) is 12.2. The van der Waals surface area contributed by atoms with Gasteiger partial charge in [-0.05, 0) is 29.7 Å². The first-order valence-electron chi connectivity index (χ1n) is 7.83. The molecule has 0 saturated carbocycles. The van der Waals surface area contributed by atoms with E-state index in [0.717, 1.165) is 12.1 Å². The molecule has 0 heterocycles. The van der Waals surface area contributed by atoms with Crippen molar-refractivity contribution in [3.63, 3.8) is 0 Å². The Bertz CT molecular complexity index is 810. The molecule has 0 spiro atoms. The van der Waals surface area contributed by atoms with E-state index < -0.39 is 29.5 Å². The summed E-state index contributed by atoms with van der Waals surface area (Å²) in [5, 5.41) is 11.6. The SMILES string of the molecule is CC(CC(=O)NC(C#N)c1ccccc1F)c1ccc(C(F)(F)F)cc1. The number of carbonyl (C=O) groups excluding carboxylic acids is 1. The third-order valence-corrected chi connectivity index (χ3v) is 3.95. The van der Waals surface area contributed by atoms with E-state index in [1.807, 2.05) is 6.07 Å². The average Bonchev–Trinajstić information content (AvgIpc) is 2.59. The van der Waals surface area contributed by atoms with Gasteiger partial charge in [0.05, 0.1) is 11.6 Å². The normalized spacial score (nSPS) is 13.5. The smallest absolute Gasteiger partial charge is 0.337 e. The van der Waals surface area contributed by atoms with Crippen LogP contribution in [-0.2, 0) is 11.0 Å². The number of benzene rings is 2. The van der Waals surface area contributed by atoms with Gasteiger partial charge < -0.3 is 5.32 Å². The molecule has 1 N–H and O–H groups in total. The number of rotatable bonds is 5. The van der Waals surface area contributed by atoms with Crippen LogP contribution in [0.5, 0.6) is 0 Å². The van der Waals surface area contributed by atoms with Crippen LogP contribution in [-0.4, -0.2) is 5.91 Å². The fourth-order valence-electron chi connectivity index (χ4n) is 2.51. The van der Waals surface area contributed by atoms with Gasteiger partial charge in [-0.3, -0.25) is 4.79 Å². The summed E-state index contributed by atoms with van der Waals surface area (Å²) in [6.07, 6.45) is -4.46. The van der Waals surface area contributed by atoms with Crippen molar-refractivity contribution in [2.24, 2.45) is 0 Å². The molecular formula is C19H16F4N2O. The number of hydrogen-bond acceptors (Lipinski definition) is 2. The molecule has 0 fully saturated rings. The molecule has 136 valence electrons. The van der Waals surface area contributed by atoms with Gasteiger partial charge in [0.2, 0.25) is 5.91 Å². The minimum Gasteiger partial charge on any atom is -0.337 e. The fraction of sp³-hybridized carbons (Fsp3) is 0.263. The molecule has 3 nitrogen and oxygen atoms in total. The van der Waals surface area contributed by atoms with E-state index in [4.69, 9.17) is 0 Å². The molecule has 0 aliphatic rings. The van der Waals surface area contributed by atoms with E-state index >= 15 is 0 Å². The van der Waals surface area contributed by atoms with Gasteiger partial charge in [-0.2, -0.15) is 18.4 Å². The maximum absolute atomic E-state index is 13.7. The number of nitrogens with zero attached hydrogens (tertiary/aromatic N) is 1. The van der Waals surface area contributed by atoms with Crippen molar-refractivity contribution in [1.29, 1.82) is 5.26 Å². The van der Waals surface area contributed by atoms with Crippen LogP contribution in [0.15, 0.2) is 48.5 Å². The first-order valence-corrected chi connectivity index (χ1v) is 7.83. The number of halogens is 4. The molecular weight excluding hydrogens is 348 g/mol.